The lowest BCUT2D eigenvalue weighted by Gasteiger charge is -2.17. The Morgan fingerprint density at radius 1 is 1.29 bits per heavy atom. The van der Waals surface area contributed by atoms with Crippen molar-refractivity contribution in [3.05, 3.63) is 29.8 Å². The second kappa shape index (κ2) is 5.21. The standard InChI is InChI=1S/C14H19NO2/c15-12-7-5-11(6-8-12)13(14(16)17)9-10-3-1-2-4-10/h5-8,10,13H,1-4,9,15H2,(H,16,17)/t13-/m1/s1. The van der Waals surface area contributed by atoms with Crippen molar-refractivity contribution >= 4 is 11.7 Å². The van der Waals surface area contributed by atoms with Crippen molar-refractivity contribution in [2.24, 2.45) is 5.92 Å². The first kappa shape index (κ1) is 12.0. The maximum absolute atomic E-state index is 11.3. The smallest absolute Gasteiger partial charge is 0.310 e. The van der Waals surface area contributed by atoms with Crippen LogP contribution in [0.2, 0.25) is 0 Å². The molecule has 2 rings (SSSR count). The number of rotatable bonds is 4. The predicted molar refractivity (Wildman–Crippen MR) is 67.8 cm³/mol. The van der Waals surface area contributed by atoms with E-state index >= 15 is 0 Å². The van der Waals surface area contributed by atoms with Gasteiger partial charge in [-0.25, -0.2) is 0 Å². The molecule has 1 aliphatic carbocycles. The van der Waals surface area contributed by atoms with Gasteiger partial charge < -0.3 is 10.8 Å². The Hall–Kier alpha value is -1.51. The molecule has 1 aliphatic rings. The predicted octanol–water partition coefficient (Wildman–Crippen LogP) is 3.02. The summed E-state index contributed by atoms with van der Waals surface area (Å²) >= 11 is 0. The van der Waals surface area contributed by atoms with Gasteiger partial charge >= 0.3 is 5.97 Å². The number of hydrogen-bond donors (Lipinski definition) is 2. The van der Waals surface area contributed by atoms with Gasteiger partial charge in [-0.3, -0.25) is 4.79 Å². The summed E-state index contributed by atoms with van der Waals surface area (Å²) in [6.07, 6.45) is 5.62. The van der Waals surface area contributed by atoms with Crippen molar-refractivity contribution < 1.29 is 9.90 Å². The zero-order chi connectivity index (χ0) is 12.3. The minimum absolute atomic E-state index is 0.376. The molecule has 0 heterocycles. The first-order valence-corrected chi connectivity index (χ1v) is 6.25. The summed E-state index contributed by atoms with van der Waals surface area (Å²) in [6, 6.07) is 7.23. The molecule has 0 amide bonds. The molecular weight excluding hydrogens is 214 g/mol. The molecule has 17 heavy (non-hydrogen) atoms. The van der Waals surface area contributed by atoms with Crippen LogP contribution in [-0.4, -0.2) is 11.1 Å². The van der Waals surface area contributed by atoms with E-state index in [4.69, 9.17) is 5.73 Å². The number of nitrogens with two attached hydrogens (primary N) is 1. The van der Waals surface area contributed by atoms with E-state index in [1.54, 1.807) is 12.1 Å². The van der Waals surface area contributed by atoms with Gasteiger partial charge in [-0.05, 0) is 30.0 Å². The monoisotopic (exact) mass is 233 g/mol. The molecule has 1 aromatic rings. The van der Waals surface area contributed by atoms with Gasteiger partial charge in [0.1, 0.15) is 0 Å². The van der Waals surface area contributed by atoms with Crippen LogP contribution in [0.4, 0.5) is 5.69 Å². The zero-order valence-electron chi connectivity index (χ0n) is 9.93. The normalized spacial score (nSPS) is 18.1. The molecule has 0 bridgehead atoms. The molecule has 92 valence electrons. The summed E-state index contributed by atoms with van der Waals surface area (Å²) < 4.78 is 0. The molecule has 1 atom stereocenters. The first-order chi connectivity index (χ1) is 8.16. The Morgan fingerprint density at radius 2 is 1.88 bits per heavy atom. The fraction of sp³-hybridized carbons (Fsp3) is 0.500. The van der Waals surface area contributed by atoms with Gasteiger partial charge in [-0.2, -0.15) is 0 Å². The van der Waals surface area contributed by atoms with Crippen LogP contribution < -0.4 is 5.73 Å². The molecule has 3 heteroatoms. The van der Waals surface area contributed by atoms with E-state index < -0.39 is 5.97 Å². The molecule has 0 aliphatic heterocycles. The number of anilines is 1. The van der Waals surface area contributed by atoms with Gasteiger partial charge in [0.15, 0.2) is 0 Å². The van der Waals surface area contributed by atoms with Crippen molar-refractivity contribution in [3.8, 4) is 0 Å². The van der Waals surface area contributed by atoms with Crippen LogP contribution in [0.1, 0.15) is 43.6 Å². The van der Waals surface area contributed by atoms with E-state index in [0.29, 0.717) is 11.6 Å². The molecule has 1 saturated carbocycles. The Kier molecular flexibility index (Phi) is 3.67. The molecule has 3 nitrogen and oxygen atoms in total. The molecule has 0 radical (unpaired) electrons. The topological polar surface area (TPSA) is 63.3 Å². The largest absolute Gasteiger partial charge is 0.481 e. The van der Waals surface area contributed by atoms with E-state index in [2.05, 4.69) is 0 Å². The number of carboxylic acids is 1. The van der Waals surface area contributed by atoms with E-state index in [0.717, 1.165) is 12.0 Å². The van der Waals surface area contributed by atoms with Gasteiger partial charge in [0.25, 0.3) is 0 Å². The second-order valence-corrected chi connectivity index (χ2v) is 4.94. The fourth-order valence-corrected chi connectivity index (χ4v) is 2.69. The molecule has 0 aromatic heterocycles. The number of carbonyl (C=O) groups is 1. The van der Waals surface area contributed by atoms with Gasteiger partial charge in [-0.15, -0.1) is 0 Å². The Bertz CT molecular complexity index is 380. The fourth-order valence-electron chi connectivity index (χ4n) is 2.69. The first-order valence-electron chi connectivity index (χ1n) is 6.25. The lowest BCUT2D eigenvalue weighted by atomic mass is 9.88. The number of aliphatic carboxylic acids is 1. The maximum Gasteiger partial charge on any atom is 0.310 e. The van der Waals surface area contributed by atoms with Crippen LogP contribution in [0.5, 0.6) is 0 Å². The summed E-state index contributed by atoms with van der Waals surface area (Å²) in [6.45, 7) is 0. The van der Waals surface area contributed by atoms with Crippen LogP contribution in [0.3, 0.4) is 0 Å². The third-order valence-corrected chi connectivity index (χ3v) is 3.68. The van der Waals surface area contributed by atoms with E-state index in [-0.39, 0.29) is 5.92 Å². The third-order valence-electron chi connectivity index (χ3n) is 3.68. The highest BCUT2D eigenvalue weighted by Crippen LogP contribution is 2.34. The van der Waals surface area contributed by atoms with E-state index in [9.17, 15) is 9.90 Å². The highest BCUT2D eigenvalue weighted by Gasteiger charge is 2.26. The van der Waals surface area contributed by atoms with Crippen LogP contribution in [0.15, 0.2) is 24.3 Å². The number of nitrogen functional groups attached to an aromatic ring is 1. The highest BCUT2D eigenvalue weighted by atomic mass is 16.4. The van der Waals surface area contributed by atoms with Crippen molar-refractivity contribution in [2.75, 3.05) is 5.73 Å². The molecule has 0 saturated heterocycles. The molecule has 0 unspecified atom stereocenters. The van der Waals surface area contributed by atoms with Crippen LogP contribution in [0.25, 0.3) is 0 Å². The van der Waals surface area contributed by atoms with Crippen LogP contribution >= 0.6 is 0 Å². The Balaban J connectivity index is 2.10. The van der Waals surface area contributed by atoms with Crippen molar-refractivity contribution in [2.45, 2.75) is 38.0 Å². The van der Waals surface area contributed by atoms with Gasteiger partial charge in [-0.1, -0.05) is 37.8 Å². The minimum Gasteiger partial charge on any atom is -0.481 e. The van der Waals surface area contributed by atoms with E-state index in [1.165, 1.54) is 25.7 Å². The SMILES string of the molecule is Nc1ccc([C@@H](CC2CCCC2)C(=O)O)cc1. The minimum atomic E-state index is -0.721. The maximum atomic E-state index is 11.3. The quantitative estimate of drug-likeness (QED) is 0.786. The Morgan fingerprint density at radius 3 is 2.41 bits per heavy atom. The Labute approximate surface area is 102 Å². The molecule has 3 N–H and O–H groups in total. The lowest BCUT2D eigenvalue weighted by molar-refractivity contribution is -0.139. The summed E-state index contributed by atoms with van der Waals surface area (Å²) in [5.41, 5.74) is 7.17. The second-order valence-electron chi connectivity index (χ2n) is 4.94. The third kappa shape index (κ3) is 2.99. The van der Waals surface area contributed by atoms with Gasteiger partial charge in [0, 0.05) is 5.69 Å². The highest BCUT2D eigenvalue weighted by molar-refractivity contribution is 5.76. The van der Waals surface area contributed by atoms with Crippen molar-refractivity contribution in [3.63, 3.8) is 0 Å². The number of benzene rings is 1. The summed E-state index contributed by atoms with van der Waals surface area (Å²) in [4.78, 5) is 11.3. The zero-order valence-corrected chi connectivity index (χ0v) is 9.93. The summed E-state index contributed by atoms with van der Waals surface area (Å²) in [5, 5.41) is 9.33. The van der Waals surface area contributed by atoms with E-state index in [1.807, 2.05) is 12.1 Å². The van der Waals surface area contributed by atoms with Crippen molar-refractivity contribution in [1.29, 1.82) is 0 Å². The molecular formula is C14H19NO2. The number of carboxylic acid groups (broad SMARTS) is 1. The van der Waals surface area contributed by atoms with Gasteiger partial charge in [0.2, 0.25) is 0 Å². The molecule has 1 aromatic carbocycles. The van der Waals surface area contributed by atoms with Crippen molar-refractivity contribution in [1.82, 2.24) is 0 Å². The average Bonchev–Trinajstić information content (AvgIpc) is 2.80. The van der Waals surface area contributed by atoms with Crippen LogP contribution in [0, 0.1) is 5.92 Å². The average molecular weight is 233 g/mol. The molecule has 0 spiro atoms. The van der Waals surface area contributed by atoms with Gasteiger partial charge in [0.05, 0.1) is 5.92 Å². The van der Waals surface area contributed by atoms with Crippen LogP contribution in [-0.2, 0) is 4.79 Å². The number of hydrogen-bond acceptors (Lipinski definition) is 2. The summed E-state index contributed by atoms with van der Waals surface area (Å²) in [5.74, 6) is -0.519. The summed E-state index contributed by atoms with van der Waals surface area (Å²) in [7, 11) is 0. The lowest BCUT2D eigenvalue weighted by Crippen LogP contribution is -2.15. The molecule has 1 fully saturated rings.